The largest absolute Gasteiger partial charge is 0.469 e. The van der Waals surface area contributed by atoms with E-state index in [1.54, 1.807) is 0 Å². The van der Waals surface area contributed by atoms with Gasteiger partial charge in [0.2, 0.25) is 0 Å². The lowest BCUT2D eigenvalue weighted by atomic mass is 9.60. The van der Waals surface area contributed by atoms with Crippen molar-refractivity contribution >= 4 is 11.9 Å². The molecular weight excluding hydrogens is 184 g/mol. The molecule has 0 aromatic carbocycles. The summed E-state index contributed by atoms with van der Waals surface area (Å²) in [5, 5.41) is 0. The van der Waals surface area contributed by atoms with E-state index in [4.69, 9.17) is 9.47 Å². The first kappa shape index (κ1) is 9.49. The number of methoxy groups -OCH3 is 2. The highest BCUT2D eigenvalue weighted by atomic mass is 16.5. The number of ether oxygens (including phenoxy) is 2. The highest BCUT2D eigenvalue weighted by molar-refractivity contribution is 5.87. The fourth-order valence-electron chi connectivity index (χ4n) is 3.00. The Kier molecular flexibility index (Phi) is 1.84. The number of rotatable bonds is 2. The molecule has 0 aromatic rings. The van der Waals surface area contributed by atoms with Gasteiger partial charge in [-0.25, -0.2) is 0 Å². The molecule has 3 rings (SSSR count). The van der Waals surface area contributed by atoms with Gasteiger partial charge in [-0.2, -0.15) is 0 Å². The van der Waals surface area contributed by atoms with Gasteiger partial charge in [0.05, 0.1) is 25.0 Å². The van der Waals surface area contributed by atoms with E-state index in [9.17, 15) is 9.59 Å². The lowest BCUT2D eigenvalue weighted by Crippen LogP contribution is -2.48. The van der Waals surface area contributed by atoms with Crippen molar-refractivity contribution in [1.29, 1.82) is 0 Å². The van der Waals surface area contributed by atoms with Gasteiger partial charge in [0.15, 0.2) is 0 Å². The van der Waals surface area contributed by atoms with E-state index in [1.807, 2.05) is 0 Å². The number of carbonyl (C=O) groups is 2. The van der Waals surface area contributed by atoms with Crippen molar-refractivity contribution in [3.05, 3.63) is 0 Å². The van der Waals surface area contributed by atoms with Gasteiger partial charge in [0.25, 0.3) is 0 Å². The lowest BCUT2D eigenvalue weighted by molar-refractivity contribution is -0.171. The SMILES string of the molecule is COC(=O)C12CCC(C(=O)OC)(C1)C2. The molecule has 0 heterocycles. The van der Waals surface area contributed by atoms with E-state index >= 15 is 0 Å². The quantitative estimate of drug-likeness (QED) is 0.618. The molecule has 0 amide bonds. The average Bonchev–Trinajstić information content (AvgIpc) is 2.71. The van der Waals surface area contributed by atoms with Gasteiger partial charge in [-0.15, -0.1) is 0 Å². The molecule has 3 aliphatic rings. The number of fused-ring (bicyclic) bond motifs is 1. The molecule has 3 saturated carbocycles. The minimum atomic E-state index is -0.372. The van der Waals surface area contributed by atoms with Gasteiger partial charge in [-0.1, -0.05) is 0 Å². The predicted octanol–water partition coefficient (Wildman–Crippen LogP) is 0.893. The fourth-order valence-corrected chi connectivity index (χ4v) is 3.00. The minimum absolute atomic E-state index is 0.172. The zero-order valence-electron chi connectivity index (χ0n) is 8.46. The molecule has 14 heavy (non-hydrogen) atoms. The Hall–Kier alpha value is -1.06. The molecule has 0 atom stereocenters. The molecular formula is C10H14O4. The summed E-state index contributed by atoms with van der Waals surface area (Å²) in [6.45, 7) is 0. The van der Waals surface area contributed by atoms with Crippen LogP contribution in [0.1, 0.15) is 25.7 Å². The maximum Gasteiger partial charge on any atom is 0.311 e. The van der Waals surface area contributed by atoms with Crippen molar-refractivity contribution in [1.82, 2.24) is 0 Å². The second kappa shape index (κ2) is 2.72. The summed E-state index contributed by atoms with van der Waals surface area (Å²) < 4.78 is 9.48. The van der Waals surface area contributed by atoms with Crippen LogP contribution in [0.2, 0.25) is 0 Å². The van der Waals surface area contributed by atoms with Gasteiger partial charge >= 0.3 is 11.9 Å². The van der Waals surface area contributed by atoms with Gasteiger partial charge in [0.1, 0.15) is 0 Å². The van der Waals surface area contributed by atoms with Crippen LogP contribution in [0, 0.1) is 10.8 Å². The van der Waals surface area contributed by atoms with E-state index in [0.717, 1.165) is 12.8 Å². The first-order chi connectivity index (χ1) is 6.58. The predicted molar refractivity (Wildman–Crippen MR) is 47.4 cm³/mol. The highest BCUT2D eigenvalue weighted by Crippen LogP contribution is 2.67. The lowest BCUT2D eigenvalue weighted by Gasteiger charge is -2.42. The Morgan fingerprint density at radius 1 is 0.929 bits per heavy atom. The first-order valence-corrected chi connectivity index (χ1v) is 4.75. The average molecular weight is 198 g/mol. The Balaban J connectivity index is 2.11. The van der Waals surface area contributed by atoms with Crippen LogP contribution < -0.4 is 0 Å². The maximum atomic E-state index is 11.5. The van der Waals surface area contributed by atoms with Gasteiger partial charge in [0, 0.05) is 0 Å². The fraction of sp³-hybridized carbons (Fsp3) is 0.800. The number of esters is 2. The topological polar surface area (TPSA) is 52.6 Å². The van der Waals surface area contributed by atoms with E-state index in [-0.39, 0.29) is 22.8 Å². The van der Waals surface area contributed by atoms with Crippen molar-refractivity contribution in [2.75, 3.05) is 14.2 Å². The highest BCUT2D eigenvalue weighted by Gasteiger charge is 2.69. The summed E-state index contributed by atoms with van der Waals surface area (Å²) >= 11 is 0. The second-order valence-electron chi connectivity index (χ2n) is 4.40. The molecule has 0 spiro atoms. The summed E-state index contributed by atoms with van der Waals surface area (Å²) in [5.41, 5.74) is -0.744. The summed E-state index contributed by atoms with van der Waals surface area (Å²) in [7, 11) is 2.79. The zero-order chi connectivity index (χ0) is 10.4. The zero-order valence-corrected chi connectivity index (χ0v) is 8.46. The van der Waals surface area contributed by atoms with E-state index in [0.29, 0.717) is 12.8 Å². The standard InChI is InChI=1S/C10H14O4/c1-13-7(11)9-3-4-10(5-9,6-9)8(12)14-2/h3-6H2,1-2H3. The summed E-state index contributed by atoms with van der Waals surface area (Å²) in [5.74, 6) is -0.343. The van der Waals surface area contributed by atoms with Crippen LogP contribution in [0.5, 0.6) is 0 Å². The molecule has 0 saturated heterocycles. The molecule has 4 heteroatoms. The molecule has 0 aromatic heterocycles. The molecule has 0 aliphatic heterocycles. The first-order valence-electron chi connectivity index (χ1n) is 4.75. The van der Waals surface area contributed by atoms with Crippen molar-refractivity contribution in [2.24, 2.45) is 10.8 Å². The van der Waals surface area contributed by atoms with Crippen LogP contribution in [0.25, 0.3) is 0 Å². The Labute approximate surface area is 82.6 Å². The van der Waals surface area contributed by atoms with Crippen LogP contribution in [0.15, 0.2) is 0 Å². The van der Waals surface area contributed by atoms with Gasteiger partial charge < -0.3 is 9.47 Å². The second-order valence-corrected chi connectivity index (χ2v) is 4.40. The molecule has 0 radical (unpaired) electrons. The number of carbonyl (C=O) groups excluding carboxylic acids is 2. The molecule has 4 nitrogen and oxygen atoms in total. The monoisotopic (exact) mass is 198 g/mol. The van der Waals surface area contributed by atoms with E-state index in [1.165, 1.54) is 14.2 Å². The van der Waals surface area contributed by atoms with Crippen LogP contribution in [0.3, 0.4) is 0 Å². The summed E-state index contributed by atoms with van der Waals surface area (Å²) in [6.07, 6.45) is 2.74. The molecule has 78 valence electrons. The van der Waals surface area contributed by atoms with Crippen molar-refractivity contribution in [3.8, 4) is 0 Å². The summed E-state index contributed by atoms with van der Waals surface area (Å²) in [6, 6.07) is 0. The molecule has 2 bridgehead atoms. The number of hydrogen-bond acceptors (Lipinski definition) is 4. The third-order valence-corrected chi connectivity index (χ3v) is 3.67. The Morgan fingerprint density at radius 3 is 1.57 bits per heavy atom. The molecule has 3 fully saturated rings. The van der Waals surface area contributed by atoms with Crippen molar-refractivity contribution in [2.45, 2.75) is 25.7 Å². The van der Waals surface area contributed by atoms with Crippen LogP contribution >= 0.6 is 0 Å². The Morgan fingerprint density at radius 2 is 1.29 bits per heavy atom. The summed E-state index contributed by atoms with van der Waals surface area (Å²) in [4.78, 5) is 22.9. The van der Waals surface area contributed by atoms with Gasteiger partial charge in [-0.05, 0) is 25.7 Å². The smallest absolute Gasteiger partial charge is 0.311 e. The minimum Gasteiger partial charge on any atom is -0.469 e. The van der Waals surface area contributed by atoms with E-state index < -0.39 is 0 Å². The van der Waals surface area contributed by atoms with Crippen molar-refractivity contribution < 1.29 is 19.1 Å². The molecule has 3 aliphatic carbocycles. The molecule has 0 N–H and O–H groups in total. The molecule has 0 unspecified atom stereocenters. The van der Waals surface area contributed by atoms with Crippen LogP contribution in [-0.4, -0.2) is 26.2 Å². The van der Waals surface area contributed by atoms with E-state index in [2.05, 4.69) is 0 Å². The maximum absolute atomic E-state index is 11.5. The Bertz CT molecular complexity index is 260. The third-order valence-electron chi connectivity index (χ3n) is 3.67. The van der Waals surface area contributed by atoms with Crippen LogP contribution in [0.4, 0.5) is 0 Å². The number of hydrogen-bond donors (Lipinski definition) is 0. The third kappa shape index (κ3) is 0.938. The van der Waals surface area contributed by atoms with Gasteiger partial charge in [-0.3, -0.25) is 9.59 Å². The normalized spacial score (nSPS) is 38.7. The van der Waals surface area contributed by atoms with Crippen LogP contribution in [-0.2, 0) is 19.1 Å². The van der Waals surface area contributed by atoms with Crippen molar-refractivity contribution in [3.63, 3.8) is 0 Å².